The van der Waals surface area contributed by atoms with Gasteiger partial charge in [0.15, 0.2) is 0 Å². The predicted octanol–water partition coefficient (Wildman–Crippen LogP) is 2.83. The minimum Gasteiger partial charge on any atom is -0.366 e. The summed E-state index contributed by atoms with van der Waals surface area (Å²) in [5, 5.41) is 5.02. The monoisotopic (exact) mass is 262 g/mol. The first kappa shape index (κ1) is 11.5. The molecule has 1 aromatic heterocycles. The summed E-state index contributed by atoms with van der Waals surface area (Å²) in [6.07, 6.45) is 3.35. The van der Waals surface area contributed by atoms with Crippen molar-refractivity contribution in [1.29, 1.82) is 0 Å². The number of nitrogens with zero attached hydrogens (tertiary/aromatic N) is 3. The van der Waals surface area contributed by atoms with Crippen molar-refractivity contribution >= 4 is 17.5 Å². The van der Waals surface area contributed by atoms with Crippen molar-refractivity contribution in [2.24, 2.45) is 0 Å². The first-order chi connectivity index (χ1) is 8.74. The summed E-state index contributed by atoms with van der Waals surface area (Å²) < 4.78 is 1.94. The van der Waals surface area contributed by atoms with E-state index in [0.29, 0.717) is 5.95 Å². The molecular formula is C13H15ClN4. The average Bonchev–Trinajstić information content (AvgIpc) is 2.59. The number of hydrogen-bond acceptors (Lipinski definition) is 3. The summed E-state index contributed by atoms with van der Waals surface area (Å²) >= 11 is 6.07. The largest absolute Gasteiger partial charge is 0.366 e. The molecule has 5 heteroatoms. The molecule has 2 heterocycles. The van der Waals surface area contributed by atoms with E-state index in [0.717, 1.165) is 30.2 Å². The second kappa shape index (κ2) is 4.61. The van der Waals surface area contributed by atoms with E-state index in [1.165, 1.54) is 12.0 Å². The highest BCUT2D eigenvalue weighted by Crippen LogP contribution is 2.32. The van der Waals surface area contributed by atoms with Crippen molar-refractivity contribution in [3.05, 3.63) is 40.7 Å². The molecular weight excluding hydrogens is 248 g/mol. The van der Waals surface area contributed by atoms with Crippen LogP contribution in [0.15, 0.2) is 24.3 Å². The highest BCUT2D eigenvalue weighted by Gasteiger charge is 2.23. The van der Waals surface area contributed by atoms with Crippen molar-refractivity contribution < 1.29 is 0 Å². The molecule has 1 atom stereocenters. The second-order valence-corrected chi connectivity index (χ2v) is 5.09. The lowest BCUT2D eigenvalue weighted by atomic mass is 9.94. The first-order valence-electron chi connectivity index (χ1n) is 6.20. The lowest BCUT2D eigenvalue weighted by Gasteiger charge is -2.14. The summed E-state index contributed by atoms with van der Waals surface area (Å²) in [6.45, 7) is 0.899. The molecule has 94 valence electrons. The fourth-order valence-electron chi connectivity index (χ4n) is 2.57. The van der Waals surface area contributed by atoms with E-state index in [1.807, 2.05) is 22.9 Å². The number of aryl methyl sites for hydroxylation is 1. The molecule has 1 aromatic carbocycles. The fourth-order valence-corrected chi connectivity index (χ4v) is 2.77. The molecule has 0 spiro atoms. The second-order valence-electron chi connectivity index (χ2n) is 4.65. The van der Waals surface area contributed by atoms with Gasteiger partial charge in [-0.05, 0) is 30.5 Å². The van der Waals surface area contributed by atoms with Gasteiger partial charge in [0.2, 0.25) is 5.95 Å². The van der Waals surface area contributed by atoms with Crippen LogP contribution in [-0.2, 0) is 6.54 Å². The lowest BCUT2D eigenvalue weighted by Crippen LogP contribution is -2.08. The van der Waals surface area contributed by atoms with Gasteiger partial charge in [0.05, 0.1) is 0 Å². The fraction of sp³-hybridized carbons (Fsp3) is 0.385. The van der Waals surface area contributed by atoms with E-state index in [4.69, 9.17) is 17.3 Å². The van der Waals surface area contributed by atoms with Crippen LogP contribution in [0, 0.1) is 0 Å². The minimum atomic E-state index is 0.246. The van der Waals surface area contributed by atoms with E-state index < -0.39 is 0 Å². The summed E-state index contributed by atoms with van der Waals surface area (Å²) in [6, 6.07) is 7.97. The Labute approximate surface area is 111 Å². The molecule has 0 bridgehead atoms. The third-order valence-electron chi connectivity index (χ3n) is 3.39. The first-order valence-corrected chi connectivity index (χ1v) is 6.57. The molecule has 1 aliphatic heterocycles. The summed E-state index contributed by atoms with van der Waals surface area (Å²) in [5.74, 6) is 1.57. The Morgan fingerprint density at radius 3 is 3.06 bits per heavy atom. The Hall–Kier alpha value is -1.55. The van der Waals surface area contributed by atoms with Gasteiger partial charge < -0.3 is 5.73 Å². The van der Waals surface area contributed by atoms with E-state index in [2.05, 4.69) is 16.1 Å². The molecule has 0 fully saturated rings. The number of aromatic nitrogens is 3. The molecule has 2 aromatic rings. The molecule has 1 aliphatic rings. The lowest BCUT2D eigenvalue weighted by molar-refractivity contribution is 0.576. The van der Waals surface area contributed by atoms with Crippen LogP contribution in [0.5, 0.6) is 0 Å². The third-order valence-corrected chi connectivity index (χ3v) is 3.63. The van der Waals surface area contributed by atoms with Gasteiger partial charge in [0, 0.05) is 17.5 Å². The standard InChI is InChI=1S/C13H15ClN4/c14-10-5-3-4-9(8-10)11-6-1-2-7-18-12(11)16-13(15)17-18/h3-5,8,11H,1-2,6-7H2,(H2,15,17). The van der Waals surface area contributed by atoms with Crippen molar-refractivity contribution in [2.45, 2.75) is 31.7 Å². The van der Waals surface area contributed by atoms with Gasteiger partial charge in [-0.2, -0.15) is 4.98 Å². The zero-order valence-electron chi connectivity index (χ0n) is 10.0. The maximum absolute atomic E-state index is 6.07. The smallest absolute Gasteiger partial charge is 0.239 e. The molecule has 0 amide bonds. The third kappa shape index (κ3) is 2.08. The van der Waals surface area contributed by atoms with E-state index in [9.17, 15) is 0 Å². The SMILES string of the molecule is Nc1nc2n(n1)CCCCC2c1cccc(Cl)c1. The van der Waals surface area contributed by atoms with Crippen molar-refractivity contribution in [3.8, 4) is 0 Å². The maximum atomic E-state index is 6.07. The van der Waals surface area contributed by atoms with Crippen LogP contribution < -0.4 is 5.73 Å². The normalized spacial score (nSPS) is 19.3. The zero-order valence-corrected chi connectivity index (χ0v) is 10.8. The Morgan fingerprint density at radius 2 is 2.22 bits per heavy atom. The molecule has 3 rings (SSSR count). The molecule has 18 heavy (non-hydrogen) atoms. The molecule has 2 N–H and O–H groups in total. The van der Waals surface area contributed by atoms with Crippen LogP contribution in [0.3, 0.4) is 0 Å². The van der Waals surface area contributed by atoms with Crippen LogP contribution in [0.1, 0.15) is 36.6 Å². The Balaban J connectivity index is 2.06. The molecule has 0 aliphatic carbocycles. The molecule has 0 saturated heterocycles. The zero-order chi connectivity index (χ0) is 12.5. The van der Waals surface area contributed by atoms with Crippen LogP contribution in [0.25, 0.3) is 0 Å². The Morgan fingerprint density at radius 1 is 1.33 bits per heavy atom. The Kier molecular flexibility index (Phi) is 2.96. The number of nitrogens with two attached hydrogens (primary N) is 1. The summed E-state index contributed by atoms with van der Waals surface area (Å²) in [5.41, 5.74) is 6.90. The Bertz CT molecular complexity index is 564. The number of rotatable bonds is 1. The quantitative estimate of drug-likeness (QED) is 0.860. The van der Waals surface area contributed by atoms with Crippen molar-refractivity contribution in [2.75, 3.05) is 5.73 Å². The molecule has 0 saturated carbocycles. The number of halogens is 1. The predicted molar refractivity (Wildman–Crippen MR) is 71.6 cm³/mol. The van der Waals surface area contributed by atoms with Crippen LogP contribution in [0.4, 0.5) is 5.95 Å². The van der Waals surface area contributed by atoms with Gasteiger partial charge in [-0.15, -0.1) is 5.10 Å². The molecule has 0 radical (unpaired) electrons. The van der Waals surface area contributed by atoms with Gasteiger partial charge in [-0.3, -0.25) is 0 Å². The molecule has 4 nitrogen and oxygen atoms in total. The number of benzene rings is 1. The molecule has 1 unspecified atom stereocenters. The highest BCUT2D eigenvalue weighted by atomic mass is 35.5. The van der Waals surface area contributed by atoms with Gasteiger partial charge in [-0.1, -0.05) is 30.2 Å². The number of anilines is 1. The highest BCUT2D eigenvalue weighted by molar-refractivity contribution is 6.30. The van der Waals surface area contributed by atoms with Gasteiger partial charge in [0.25, 0.3) is 0 Å². The van der Waals surface area contributed by atoms with Crippen molar-refractivity contribution in [3.63, 3.8) is 0 Å². The summed E-state index contributed by atoms with van der Waals surface area (Å²) in [7, 11) is 0. The van der Waals surface area contributed by atoms with E-state index >= 15 is 0 Å². The summed E-state index contributed by atoms with van der Waals surface area (Å²) in [4.78, 5) is 4.39. The minimum absolute atomic E-state index is 0.246. The maximum Gasteiger partial charge on any atom is 0.239 e. The van der Waals surface area contributed by atoms with E-state index in [-0.39, 0.29) is 5.92 Å². The number of fused-ring (bicyclic) bond motifs is 1. The van der Waals surface area contributed by atoms with Gasteiger partial charge >= 0.3 is 0 Å². The number of hydrogen-bond donors (Lipinski definition) is 1. The van der Waals surface area contributed by atoms with Crippen molar-refractivity contribution in [1.82, 2.24) is 14.8 Å². The van der Waals surface area contributed by atoms with E-state index in [1.54, 1.807) is 0 Å². The van der Waals surface area contributed by atoms with Crippen LogP contribution in [0.2, 0.25) is 5.02 Å². The van der Waals surface area contributed by atoms with Crippen LogP contribution >= 0.6 is 11.6 Å². The number of nitrogen functional groups attached to an aromatic ring is 1. The van der Waals surface area contributed by atoms with Gasteiger partial charge in [-0.25, -0.2) is 4.68 Å². The average molecular weight is 263 g/mol. The van der Waals surface area contributed by atoms with Crippen LogP contribution in [-0.4, -0.2) is 14.8 Å². The topological polar surface area (TPSA) is 56.7 Å². The van der Waals surface area contributed by atoms with Gasteiger partial charge in [0.1, 0.15) is 5.82 Å².